The van der Waals surface area contributed by atoms with Crippen LogP contribution in [-0.2, 0) is 9.53 Å². The number of amides is 2. The van der Waals surface area contributed by atoms with Gasteiger partial charge in [-0.15, -0.1) is 0 Å². The highest BCUT2D eigenvalue weighted by atomic mass is 16.6. The summed E-state index contributed by atoms with van der Waals surface area (Å²) in [5, 5.41) is 5.34. The molecule has 0 bridgehead atoms. The standard InChI is InChI=1S/C11H20N2O3/c1-6-11(5)7(12-9(15)13-11)8(14)16-10(2,3)4/h7H,6H2,1-5H3,(H2,12,13,15). The van der Waals surface area contributed by atoms with Crippen LogP contribution in [0.5, 0.6) is 0 Å². The Morgan fingerprint density at radius 3 is 2.50 bits per heavy atom. The Morgan fingerprint density at radius 1 is 1.50 bits per heavy atom. The van der Waals surface area contributed by atoms with Crippen LogP contribution in [0.4, 0.5) is 4.79 Å². The fourth-order valence-electron chi connectivity index (χ4n) is 1.63. The monoisotopic (exact) mass is 228 g/mol. The minimum atomic E-state index is -0.621. The number of hydrogen-bond acceptors (Lipinski definition) is 3. The second kappa shape index (κ2) is 3.96. The van der Waals surface area contributed by atoms with E-state index in [1.54, 1.807) is 20.8 Å². The molecule has 1 fully saturated rings. The van der Waals surface area contributed by atoms with Gasteiger partial charge in [0.2, 0.25) is 0 Å². The molecule has 2 atom stereocenters. The van der Waals surface area contributed by atoms with E-state index in [9.17, 15) is 9.59 Å². The predicted molar refractivity (Wildman–Crippen MR) is 60.0 cm³/mol. The summed E-state index contributed by atoms with van der Waals surface area (Å²) in [6.45, 7) is 9.17. The lowest BCUT2D eigenvalue weighted by atomic mass is 9.91. The average Bonchev–Trinajstić information content (AvgIpc) is 2.40. The van der Waals surface area contributed by atoms with Crippen LogP contribution >= 0.6 is 0 Å². The van der Waals surface area contributed by atoms with Crippen molar-refractivity contribution in [3.63, 3.8) is 0 Å². The first-order valence-electron chi connectivity index (χ1n) is 5.49. The number of rotatable bonds is 2. The SMILES string of the molecule is CCC1(C)NC(=O)NC1C(=O)OC(C)(C)C. The maximum Gasteiger partial charge on any atom is 0.331 e. The Hall–Kier alpha value is -1.26. The smallest absolute Gasteiger partial charge is 0.331 e. The van der Waals surface area contributed by atoms with Crippen molar-refractivity contribution in [2.75, 3.05) is 0 Å². The van der Waals surface area contributed by atoms with E-state index in [2.05, 4.69) is 10.6 Å². The fraction of sp³-hybridized carbons (Fsp3) is 0.818. The van der Waals surface area contributed by atoms with Gasteiger partial charge in [0.15, 0.2) is 6.04 Å². The van der Waals surface area contributed by atoms with E-state index in [0.29, 0.717) is 6.42 Å². The molecule has 1 saturated heterocycles. The van der Waals surface area contributed by atoms with Gasteiger partial charge in [-0.1, -0.05) is 6.92 Å². The third kappa shape index (κ3) is 2.65. The van der Waals surface area contributed by atoms with Gasteiger partial charge in [-0.2, -0.15) is 0 Å². The second-order valence-corrected chi connectivity index (χ2v) is 5.34. The van der Waals surface area contributed by atoms with Gasteiger partial charge in [-0.05, 0) is 34.1 Å². The highest BCUT2D eigenvalue weighted by molar-refractivity contribution is 5.89. The number of hydrogen-bond donors (Lipinski definition) is 2. The minimum Gasteiger partial charge on any atom is -0.458 e. The molecule has 5 heteroatoms. The van der Waals surface area contributed by atoms with Gasteiger partial charge in [0.25, 0.3) is 0 Å². The number of esters is 1. The predicted octanol–water partition coefficient (Wildman–Crippen LogP) is 1.18. The molecule has 2 N–H and O–H groups in total. The minimum absolute atomic E-state index is 0.319. The number of carbonyl (C=O) groups excluding carboxylic acids is 2. The molecular weight excluding hydrogens is 208 g/mol. The Labute approximate surface area is 95.9 Å². The van der Waals surface area contributed by atoms with Crippen LogP contribution in [-0.4, -0.2) is 29.2 Å². The zero-order valence-electron chi connectivity index (χ0n) is 10.5. The third-order valence-corrected chi connectivity index (χ3v) is 2.69. The van der Waals surface area contributed by atoms with Crippen LogP contribution in [0.3, 0.4) is 0 Å². The summed E-state index contributed by atoms with van der Waals surface area (Å²) < 4.78 is 5.27. The highest BCUT2D eigenvalue weighted by Gasteiger charge is 2.47. The van der Waals surface area contributed by atoms with Crippen molar-refractivity contribution in [3.05, 3.63) is 0 Å². The van der Waals surface area contributed by atoms with E-state index in [1.165, 1.54) is 0 Å². The quantitative estimate of drug-likeness (QED) is 0.697. The van der Waals surface area contributed by atoms with Crippen molar-refractivity contribution in [1.29, 1.82) is 0 Å². The number of urea groups is 1. The maximum atomic E-state index is 11.9. The first-order chi connectivity index (χ1) is 7.18. The Kier molecular flexibility index (Phi) is 3.17. The van der Waals surface area contributed by atoms with E-state index >= 15 is 0 Å². The molecular formula is C11H20N2O3. The molecule has 16 heavy (non-hydrogen) atoms. The molecule has 2 unspecified atom stereocenters. The van der Waals surface area contributed by atoms with Gasteiger partial charge < -0.3 is 15.4 Å². The van der Waals surface area contributed by atoms with Gasteiger partial charge in [0, 0.05) is 0 Å². The summed E-state index contributed by atoms with van der Waals surface area (Å²) in [7, 11) is 0. The van der Waals surface area contributed by atoms with E-state index < -0.39 is 23.2 Å². The Balaban J connectivity index is 2.79. The number of nitrogens with one attached hydrogen (secondary N) is 2. The molecule has 92 valence electrons. The van der Waals surface area contributed by atoms with Crippen LogP contribution in [0.1, 0.15) is 41.0 Å². The van der Waals surface area contributed by atoms with Crippen LogP contribution < -0.4 is 10.6 Å². The van der Waals surface area contributed by atoms with Crippen LogP contribution in [0.25, 0.3) is 0 Å². The normalized spacial score (nSPS) is 29.6. The van der Waals surface area contributed by atoms with Gasteiger partial charge >= 0.3 is 12.0 Å². The summed E-state index contributed by atoms with van der Waals surface area (Å²) in [4.78, 5) is 23.2. The average molecular weight is 228 g/mol. The molecule has 0 aliphatic carbocycles. The maximum absolute atomic E-state index is 11.9. The summed E-state index contributed by atoms with van der Waals surface area (Å²) in [6.07, 6.45) is 0.662. The van der Waals surface area contributed by atoms with Crippen molar-refractivity contribution < 1.29 is 14.3 Å². The molecule has 1 aliphatic heterocycles. The molecule has 0 aromatic carbocycles. The number of ether oxygens (including phenoxy) is 1. The van der Waals surface area contributed by atoms with Crippen LogP contribution in [0.2, 0.25) is 0 Å². The zero-order valence-corrected chi connectivity index (χ0v) is 10.5. The van der Waals surface area contributed by atoms with E-state index in [4.69, 9.17) is 4.74 Å². The van der Waals surface area contributed by atoms with Crippen molar-refractivity contribution in [1.82, 2.24) is 10.6 Å². The molecule has 2 amide bonds. The molecule has 1 rings (SSSR count). The topological polar surface area (TPSA) is 67.4 Å². The summed E-state index contributed by atoms with van der Waals surface area (Å²) in [6, 6.07) is -0.940. The molecule has 5 nitrogen and oxygen atoms in total. The highest BCUT2D eigenvalue weighted by Crippen LogP contribution is 2.22. The molecule has 0 aromatic rings. The van der Waals surface area contributed by atoms with E-state index in [0.717, 1.165) is 0 Å². The molecule has 0 saturated carbocycles. The van der Waals surface area contributed by atoms with E-state index in [-0.39, 0.29) is 6.03 Å². The summed E-state index contributed by atoms with van der Waals surface area (Å²) >= 11 is 0. The van der Waals surface area contributed by atoms with Crippen molar-refractivity contribution in [2.45, 2.75) is 58.2 Å². The van der Waals surface area contributed by atoms with Crippen LogP contribution in [0.15, 0.2) is 0 Å². The first-order valence-corrected chi connectivity index (χ1v) is 5.49. The lowest BCUT2D eigenvalue weighted by molar-refractivity contribution is -0.158. The van der Waals surface area contributed by atoms with Crippen LogP contribution in [0, 0.1) is 0 Å². The first kappa shape index (κ1) is 12.8. The molecule has 1 aliphatic rings. The second-order valence-electron chi connectivity index (χ2n) is 5.34. The van der Waals surface area contributed by atoms with Crippen molar-refractivity contribution >= 4 is 12.0 Å². The Morgan fingerprint density at radius 2 is 2.06 bits per heavy atom. The van der Waals surface area contributed by atoms with Gasteiger partial charge in [0.1, 0.15) is 5.60 Å². The van der Waals surface area contributed by atoms with E-state index in [1.807, 2.05) is 13.8 Å². The van der Waals surface area contributed by atoms with Crippen molar-refractivity contribution in [2.24, 2.45) is 0 Å². The molecule has 0 spiro atoms. The largest absolute Gasteiger partial charge is 0.458 e. The lowest BCUT2D eigenvalue weighted by Gasteiger charge is -2.29. The van der Waals surface area contributed by atoms with Gasteiger partial charge in [-0.3, -0.25) is 0 Å². The fourth-order valence-corrected chi connectivity index (χ4v) is 1.63. The van der Waals surface area contributed by atoms with Gasteiger partial charge in [-0.25, -0.2) is 9.59 Å². The van der Waals surface area contributed by atoms with Crippen molar-refractivity contribution in [3.8, 4) is 0 Å². The van der Waals surface area contributed by atoms with Gasteiger partial charge in [0.05, 0.1) is 5.54 Å². The molecule has 0 aromatic heterocycles. The molecule has 0 radical (unpaired) electrons. The lowest BCUT2D eigenvalue weighted by Crippen LogP contribution is -2.52. The zero-order chi connectivity index (χ0) is 12.6. The third-order valence-electron chi connectivity index (χ3n) is 2.69. The number of carbonyl (C=O) groups is 2. The Bertz CT molecular complexity index is 309. The summed E-state index contributed by atoms with van der Waals surface area (Å²) in [5.41, 5.74) is -1.11. The summed E-state index contributed by atoms with van der Waals surface area (Å²) in [5.74, 6) is -0.393. The molecule has 1 heterocycles.